The highest BCUT2D eigenvalue weighted by Gasteiger charge is 2.31. The van der Waals surface area contributed by atoms with Gasteiger partial charge >= 0.3 is 17.9 Å². The Kier molecular flexibility index (Phi) is 37.0. The number of quaternary nitrogens is 1. The minimum Gasteiger partial charge on any atom is -0.477 e. The van der Waals surface area contributed by atoms with E-state index in [9.17, 15) is 19.5 Å². The molecular formula is C50H80NO7+. The third kappa shape index (κ3) is 37.6. The predicted octanol–water partition coefficient (Wildman–Crippen LogP) is 12.1. The Morgan fingerprint density at radius 2 is 1.03 bits per heavy atom. The van der Waals surface area contributed by atoms with Gasteiger partial charge in [-0.05, 0) is 70.6 Å². The lowest BCUT2D eigenvalue weighted by atomic mass is 10.1. The van der Waals surface area contributed by atoms with Crippen LogP contribution >= 0.6 is 0 Å². The summed E-state index contributed by atoms with van der Waals surface area (Å²) in [5, 5.41) is 9.62. The zero-order valence-electron chi connectivity index (χ0n) is 36.9. The van der Waals surface area contributed by atoms with E-state index < -0.39 is 18.1 Å². The lowest BCUT2D eigenvalue weighted by molar-refractivity contribution is -0.887. The molecule has 0 aliphatic rings. The van der Waals surface area contributed by atoms with Crippen molar-refractivity contribution in [3.05, 3.63) is 109 Å². The Morgan fingerprint density at radius 3 is 1.57 bits per heavy atom. The lowest BCUT2D eigenvalue weighted by Crippen LogP contribution is -2.50. The van der Waals surface area contributed by atoms with Crippen LogP contribution in [0.15, 0.2) is 109 Å². The molecular weight excluding hydrogens is 727 g/mol. The molecule has 0 saturated heterocycles. The highest BCUT2D eigenvalue weighted by molar-refractivity contribution is 5.72. The molecule has 8 nitrogen and oxygen atoms in total. The molecule has 0 aliphatic carbocycles. The van der Waals surface area contributed by atoms with Crippen LogP contribution in [0.3, 0.4) is 0 Å². The van der Waals surface area contributed by atoms with E-state index in [-0.39, 0.29) is 42.7 Å². The van der Waals surface area contributed by atoms with Crippen molar-refractivity contribution in [2.45, 2.75) is 148 Å². The Balaban J connectivity index is 4.51. The molecule has 0 spiro atoms. The fourth-order valence-electron chi connectivity index (χ4n) is 5.64. The first kappa shape index (κ1) is 54.0. The van der Waals surface area contributed by atoms with Gasteiger partial charge in [0, 0.05) is 19.3 Å². The molecule has 0 aliphatic heterocycles. The molecule has 0 rings (SSSR count). The fourth-order valence-corrected chi connectivity index (χ4v) is 5.64. The molecule has 2 atom stereocenters. The van der Waals surface area contributed by atoms with Crippen LogP contribution in [0.1, 0.15) is 136 Å². The highest BCUT2D eigenvalue weighted by Crippen LogP contribution is 2.12. The van der Waals surface area contributed by atoms with Gasteiger partial charge in [-0.2, -0.15) is 0 Å². The van der Waals surface area contributed by atoms with Gasteiger partial charge in [0.25, 0.3) is 0 Å². The summed E-state index contributed by atoms with van der Waals surface area (Å²) in [6.45, 7) is 4.37. The lowest BCUT2D eigenvalue weighted by Gasteiger charge is -2.31. The van der Waals surface area contributed by atoms with E-state index in [1.165, 1.54) is 19.3 Å². The van der Waals surface area contributed by atoms with Gasteiger partial charge < -0.3 is 23.8 Å². The number of likely N-dealkylation sites (N-methyl/N-ethyl adjacent to an activating group) is 1. The highest BCUT2D eigenvalue weighted by atomic mass is 16.6. The van der Waals surface area contributed by atoms with Gasteiger partial charge in [0.15, 0.2) is 12.1 Å². The third-order valence-corrected chi connectivity index (χ3v) is 8.99. The smallest absolute Gasteiger partial charge is 0.362 e. The molecule has 0 aromatic rings. The molecule has 0 aromatic heterocycles. The van der Waals surface area contributed by atoms with E-state index in [0.717, 1.165) is 77.0 Å². The van der Waals surface area contributed by atoms with Crippen LogP contribution in [0.4, 0.5) is 0 Å². The van der Waals surface area contributed by atoms with E-state index in [4.69, 9.17) is 14.2 Å². The standard InChI is InChI=1S/C50H79NO7/c1-6-8-10-12-14-16-18-20-22-23-24-25-27-28-30-32-34-36-38-40-48(52)57-45-46(44-56-43-42-47(50(54)55)51(3,4)5)58-49(53)41-39-37-35-33-31-29-26-21-19-17-15-13-11-9-7-2/h8-11,13-17,19-20,22,24-25,28,30,34,36,46-47H,6-7,12,18,21,23,26-27,29,31-33,35,37-45H2,1-5H3/p+1/b10-8+,11-9+,15-13+,16-14+,19-17+,22-20+,25-24+,30-28+,36-34+. The average molecular weight is 807 g/mol. The van der Waals surface area contributed by atoms with Crippen LogP contribution in [0.25, 0.3) is 0 Å². The van der Waals surface area contributed by atoms with Gasteiger partial charge in [-0.3, -0.25) is 9.59 Å². The number of carbonyl (C=O) groups excluding carboxylic acids is 2. The second-order valence-corrected chi connectivity index (χ2v) is 15.2. The summed E-state index contributed by atoms with van der Waals surface area (Å²) in [6, 6.07) is -0.634. The molecule has 8 heteroatoms. The third-order valence-electron chi connectivity index (χ3n) is 8.99. The number of hydrogen-bond donors (Lipinski definition) is 1. The first-order valence-corrected chi connectivity index (χ1v) is 22.0. The average Bonchev–Trinajstić information content (AvgIpc) is 3.18. The number of ether oxygens (including phenoxy) is 3. The molecule has 0 saturated carbocycles. The SMILES string of the molecule is CC/C=C/C=C/C=C/CCCCCCCCCC(=O)OC(COCCC(C(=O)O)[N+](C)(C)C)COC(=O)CC/C=C/C/C=C/C/C=C/C/C=C/C/C=C/C/C=C/CC. The molecule has 0 aromatic carbocycles. The van der Waals surface area contributed by atoms with Crippen LogP contribution in [-0.4, -0.2) is 80.6 Å². The molecule has 0 amide bonds. The van der Waals surface area contributed by atoms with Gasteiger partial charge in [-0.1, -0.05) is 155 Å². The number of carboxylic acid groups (broad SMARTS) is 1. The molecule has 326 valence electrons. The van der Waals surface area contributed by atoms with Crippen LogP contribution in [-0.2, 0) is 28.6 Å². The van der Waals surface area contributed by atoms with Crippen molar-refractivity contribution >= 4 is 17.9 Å². The number of unbranched alkanes of at least 4 members (excludes halogenated alkanes) is 7. The van der Waals surface area contributed by atoms with Crippen LogP contribution < -0.4 is 0 Å². The monoisotopic (exact) mass is 807 g/mol. The fraction of sp³-hybridized carbons (Fsp3) is 0.580. The van der Waals surface area contributed by atoms with E-state index in [1.807, 2.05) is 33.3 Å². The number of allylic oxidation sites excluding steroid dienone is 18. The number of carbonyl (C=O) groups is 3. The number of rotatable bonds is 37. The molecule has 0 radical (unpaired) electrons. The van der Waals surface area contributed by atoms with Crippen molar-refractivity contribution in [2.75, 3.05) is 41.0 Å². The molecule has 58 heavy (non-hydrogen) atoms. The van der Waals surface area contributed by atoms with Crippen molar-refractivity contribution in [1.82, 2.24) is 0 Å². The molecule has 2 unspecified atom stereocenters. The number of carboxylic acids is 1. The van der Waals surface area contributed by atoms with Crippen molar-refractivity contribution in [3.63, 3.8) is 0 Å². The number of esters is 2. The summed E-state index contributed by atoms with van der Waals surface area (Å²) < 4.78 is 17.2. The molecule has 0 bridgehead atoms. The summed E-state index contributed by atoms with van der Waals surface area (Å²) in [4.78, 5) is 37.0. The maximum atomic E-state index is 12.7. The van der Waals surface area contributed by atoms with E-state index >= 15 is 0 Å². The number of nitrogens with zero attached hydrogens (tertiary/aromatic N) is 1. The van der Waals surface area contributed by atoms with Crippen molar-refractivity contribution < 1.29 is 38.2 Å². The Bertz CT molecular complexity index is 1310. The minimum absolute atomic E-state index is 0.0248. The largest absolute Gasteiger partial charge is 0.477 e. The number of hydrogen-bond acceptors (Lipinski definition) is 6. The van der Waals surface area contributed by atoms with Crippen molar-refractivity contribution in [3.8, 4) is 0 Å². The second kappa shape index (κ2) is 39.8. The van der Waals surface area contributed by atoms with E-state index in [2.05, 4.69) is 111 Å². The van der Waals surface area contributed by atoms with Gasteiger partial charge in [0.1, 0.15) is 6.61 Å². The maximum absolute atomic E-state index is 12.7. The molecule has 1 N–H and O–H groups in total. The summed E-state index contributed by atoms with van der Waals surface area (Å²) in [5.41, 5.74) is 0. The van der Waals surface area contributed by atoms with Gasteiger partial charge in [0.2, 0.25) is 0 Å². The first-order chi connectivity index (χ1) is 28.1. The quantitative estimate of drug-likeness (QED) is 0.0219. The van der Waals surface area contributed by atoms with E-state index in [1.54, 1.807) is 0 Å². The molecule has 0 heterocycles. The number of aliphatic carboxylic acids is 1. The summed E-state index contributed by atoms with van der Waals surface area (Å²) >= 11 is 0. The maximum Gasteiger partial charge on any atom is 0.362 e. The Labute approximate surface area is 353 Å². The van der Waals surface area contributed by atoms with E-state index in [0.29, 0.717) is 19.3 Å². The zero-order chi connectivity index (χ0) is 42.8. The van der Waals surface area contributed by atoms with Crippen molar-refractivity contribution in [2.24, 2.45) is 0 Å². The topological polar surface area (TPSA) is 99.1 Å². The van der Waals surface area contributed by atoms with Crippen LogP contribution in [0.5, 0.6) is 0 Å². The predicted molar refractivity (Wildman–Crippen MR) is 242 cm³/mol. The Hall–Kier alpha value is -4.01. The first-order valence-electron chi connectivity index (χ1n) is 22.0. The minimum atomic E-state index is -0.892. The van der Waals surface area contributed by atoms with Crippen molar-refractivity contribution in [1.29, 1.82) is 0 Å². The zero-order valence-corrected chi connectivity index (χ0v) is 36.9. The summed E-state index contributed by atoms with van der Waals surface area (Å²) in [6.07, 6.45) is 54.3. The Morgan fingerprint density at radius 1 is 0.534 bits per heavy atom. The van der Waals surface area contributed by atoms with Crippen LogP contribution in [0.2, 0.25) is 0 Å². The normalized spacial score (nSPS) is 14.0. The summed E-state index contributed by atoms with van der Waals surface area (Å²) in [5.74, 6) is -1.61. The molecule has 0 fully saturated rings. The second-order valence-electron chi connectivity index (χ2n) is 15.2. The van der Waals surface area contributed by atoms with Gasteiger partial charge in [-0.25, -0.2) is 4.79 Å². The summed E-state index contributed by atoms with van der Waals surface area (Å²) in [7, 11) is 5.48. The van der Waals surface area contributed by atoms with Gasteiger partial charge in [-0.15, -0.1) is 0 Å². The van der Waals surface area contributed by atoms with Crippen LogP contribution in [0, 0.1) is 0 Å². The van der Waals surface area contributed by atoms with Gasteiger partial charge in [0.05, 0.1) is 34.4 Å².